The van der Waals surface area contributed by atoms with Gasteiger partial charge in [0, 0.05) is 0 Å². The SMILES string of the molecule is C=C1CCC2CCCC(C)C2C1=C. The van der Waals surface area contributed by atoms with E-state index in [1.165, 1.54) is 43.3 Å². The second-order valence-corrected chi connectivity index (χ2v) is 4.86. The molecule has 2 saturated carbocycles. The van der Waals surface area contributed by atoms with Crippen LogP contribution in [0.1, 0.15) is 39.0 Å². The molecule has 72 valence electrons. The maximum atomic E-state index is 4.23. The lowest BCUT2D eigenvalue weighted by atomic mass is 9.63. The second kappa shape index (κ2) is 3.32. The summed E-state index contributed by atoms with van der Waals surface area (Å²) in [5.74, 6) is 2.56. The molecule has 2 aliphatic rings. The molecule has 0 nitrogen and oxygen atoms in total. The summed E-state index contributed by atoms with van der Waals surface area (Å²) in [6, 6.07) is 0. The van der Waals surface area contributed by atoms with E-state index in [2.05, 4.69) is 20.1 Å². The van der Waals surface area contributed by atoms with Crippen molar-refractivity contribution in [3.8, 4) is 0 Å². The summed E-state index contributed by atoms with van der Waals surface area (Å²) in [4.78, 5) is 0. The van der Waals surface area contributed by atoms with Crippen molar-refractivity contribution in [2.75, 3.05) is 0 Å². The zero-order valence-corrected chi connectivity index (χ0v) is 8.68. The number of rotatable bonds is 0. The molecule has 3 atom stereocenters. The molecule has 0 amide bonds. The van der Waals surface area contributed by atoms with Gasteiger partial charge in [-0.2, -0.15) is 0 Å². The van der Waals surface area contributed by atoms with Gasteiger partial charge < -0.3 is 0 Å². The van der Waals surface area contributed by atoms with E-state index in [-0.39, 0.29) is 0 Å². The molecular weight excluding hydrogens is 156 g/mol. The maximum absolute atomic E-state index is 4.23. The average molecular weight is 176 g/mol. The topological polar surface area (TPSA) is 0 Å². The van der Waals surface area contributed by atoms with E-state index in [0.29, 0.717) is 0 Å². The molecule has 2 rings (SSSR count). The van der Waals surface area contributed by atoms with Crippen molar-refractivity contribution < 1.29 is 0 Å². The number of hydrogen-bond donors (Lipinski definition) is 0. The average Bonchev–Trinajstić information content (AvgIpc) is 2.12. The van der Waals surface area contributed by atoms with Gasteiger partial charge in [-0.1, -0.05) is 38.5 Å². The standard InChI is InChI=1S/C13H20/c1-9-7-8-12-6-4-5-10(2)13(12)11(9)3/h10,12-13H,1,3-8H2,2H3. The Labute approximate surface area is 81.7 Å². The number of allylic oxidation sites excluding steroid dienone is 2. The molecule has 0 radical (unpaired) electrons. The van der Waals surface area contributed by atoms with Crippen LogP contribution in [0.5, 0.6) is 0 Å². The van der Waals surface area contributed by atoms with Gasteiger partial charge in [0.05, 0.1) is 0 Å². The van der Waals surface area contributed by atoms with Crippen molar-refractivity contribution in [1.29, 1.82) is 0 Å². The monoisotopic (exact) mass is 176 g/mol. The van der Waals surface area contributed by atoms with Crippen molar-refractivity contribution in [3.05, 3.63) is 24.3 Å². The van der Waals surface area contributed by atoms with Gasteiger partial charge in [0.15, 0.2) is 0 Å². The third-order valence-electron chi connectivity index (χ3n) is 4.03. The van der Waals surface area contributed by atoms with Gasteiger partial charge in [-0.25, -0.2) is 0 Å². The molecule has 0 aliphatic heterocycles. The maximum Gasteiger partial charge on any atom is -0.0111 e. The lowest BCUT2D eigenvalue weighted by Crippen LogP contribution is -2.31. The normalized spacial score (nSPS) is 40.2. The predicted octanol–water partition coefficient (Wildman–Crippen LogP) is 3.95. The lowest BCUT2D eigenvalue weighted by Gasteiger charge is -2.42. The van der Waals surface area contributed by atoms with Crippen molar-refractivity contribution in [2.24, 2.45) is 17.8 Å². The van der Waals surface area contributed by atoms with E-state index >= 15 is 0 Å². The minimum atomic E-state index is 0.773. The largest absolute Gasteiger partial charge is 0.0956 e. The molecule has 0 aromatic rings. The summed E-state index contributed by atoms with van der Waals surface area (Å²) in [5, 5.41) is 0. The molecule has 0 heteroatoms. The highest BCUT2D eigenvalue weighted by molar-refractivity contribution is 5.31. The van der Waals surface area contributed by atoms with Crippen LogP contribution in [-0.4, -0.2) is 0 Å². The Morgan fingerprint density at radius 1 is 1.15 bits per heavy atom. The number of fused-ring (bicyclic) bond motifs is 1. The third-order valence-corrected chi connectivity index (χ3v) is 4.03. The zero-order valence-electron chi connectivity index (χ0n) is 8.68. The fourth-order valence-corrected chi connectivity index (χ4v) is 3.23. The van der Waals surface area contributed by atoms with E-state index < -0.39 is 0 Å². The molecule has 0 heterocycles. The van der Waals surface area contributed by atoms with Gasteiger partial charge in [-0.15, -0.1) is 0 Å². The van der Waals surface area contributed by atoms with Gasteiger partial charge in [0.25, 0.3) is 0 Å². The predicted molar refractivity (Wildman–Crippen MR) is 57.5 cm³/mol. The molecule has 0 saturated heterocycles. The number of hydrogen-bond acceptors (Lipinski definition) is 0. The van der Waals surface area contributed by atoms with Crippen LogP contribution in [0.3, 0.4) is 0 Å². The second-order valence-electron chi connectivity index (χ2n) is 4.86. The summed E-state index contributed by atoms with van der Waals surface area (Å²) in [7, 11) is 0. The summed E-state index contributed by atoms with van der Waals surface area (Å²) in [6.07, 6.45) is 6.83. The Bertz CT molecular complexity index is 236. The fourth-order valence-electron chi connectivity index (χ4n) is 3.23. The van der Waals surface area contributed by atoms with E-state index in [9.17, 15) is 0 Å². The fraction of sp³-hybridized carbons (Fsp3) is 0.692. The molecule has 0 N–H and O–H groups in total. The first-order valence-electron chi connectivity index (χ1n) is 5.57. The van der Waals surface area contributed by atoms with Crippen LogP contribution in [0.2, 0.25) is 0 Å². The van der Waals surface area contributed by atoms with Gasteiger partial charge in [0.2, 0.25) is 0 Å². The lowest BCUT2D eigenvalue weighted by molar-refractivity contribution is 0.177. The Morgan fingerprint density at radius 3 is 2.69 bits per heavy atom. The van der Waals surface area contributed by atoms with Crippen molar-refractivity contribution in [1.82, 2.24) is 0 Å². The summed E-state index contributed by atoms with van der Waals surface area (Å²) in [5.41, 5.74) is 2.71. The van der Waals surface area contributed by atoms with E-state index in [1.807, 2.05) is 0 Å². The Kier molecular flexibility index (Phi) is 2.31. The zero-order chi connectivity index (χ0) is 9.42. The van der Waals surface area contributed by atoms with Gasteiger partial charge >= 0.3 is 0 Å². The molecule has 0 aromatic heterocycles. The van der Waals surface area contributed by atoms with Gasteiger partial charge in [-0.05, 0) is 42.6 Å². The highest BCUT2D eigenvalue weighted by Gasteiger charge is 2.35. The molecule has 2 fully saturated rings. The first-order chi connectivity index (χ1) is 6.20. The van der Waals surface area contributed by atoms with Crippen molar-refractivity contribution in [2.45, 2.75) is 39.0 Å². The first kappa shape index (κ1) is 9.05. The van der Waals surface area contributed by atoms with E-state index in [1.54, 1.807) is 0 Å². The van der Waals surface area contributed by atoms with Crippen LogP contribution in [0, 0.1) is 17.8 Å². The van der Waals surface area contributed by atoms with Crippen LogP contribution in [0.4, 0.5) is 0 Å². The van der Waals surface area contributed by atoms with E-state index in [4.69, 9.17) is 0 Å². The van der Waals surface area contributed by atoms with Crippen molar-refractivity contribution in [3.63, 3.8) is 0 Å². The van der Waals surface area contributed by atoms with Crippen molar-refractivity contribution >= 4 is 0 Å². The Hall–Kier alpha value is -0.520. The minimum Gasteiger partial charge on any atom is -0.0956 e. The van der Waals surface area contributed by atoms with Crippen LogP contribution in [-0.2, 0) is 0 Å². The molecule has 13 heavy (non-hydrogen) atoms. The molecule has 0 bridgehead atoms. The van der Waals surface area contributed by atoms with Crippen LogP contribution in [0.25, 0.3) is 0 Å². The molecule has 0 spiro atoms. The minimum absolute atomic E-state index is 0.773. The molecule has 2 aliphatic carbocycles. The van der Waals surface area contributed by atoms with Crippen LogP contribution < -0.4 is 0 Å². The highest BCUT2D eigenvalue weighted by Crippen LogP contribution is 2.47. The summed E-state index contributed by atoms with van der Waals surface area (Å²) >= 11 is 0. The Balaban J connectivity index is 2.19. The van der Waals surface area contributed by atoms with Crippen LogP contribution in [0.15, 0.2) is 24.3 Å². The molecular formula is C13H20. The summed E-state index contributed by atoms with van der Waals surface area (Å²) < 4.78 is 0. The smallest absolute Gasteiger partial charge is 0.0111 e. The molecule has 0 aromatic carbocycles. The third kappa shape index (κ3) is 1.47. The highest BCUT2D eigenvalue weighted by atomic mass is 14.4. The van der Waals surface area contributed by atoms with Crippen LogP contribution >= 0.6 is 0 Å². The summed E-state index contributed by atoms with van der Waals surface area (Å²) in [6.45, 7) is 10.7. The molecule has 3 unspecified atom stereocenters. The van der Waals surface area contributed by atoms with E-state index in [0.717, 1.165) is 17.8 Å². The quantitative estimate of drug-likeness (QED) is 0.524. The van der Waals surface area contributed by atoms with Gasteiger partial charge in [0.1, 0.15) is 0 Å². The van der Waals surface area contributed by atoms with Gasteiger partial charge in [-0.3, -0.25) is 0 Å². The first-order valence-corrected chi connectivity index (χ1v) is 5.57. The Morgan fingerprint density at radius 2 is 1.92 bits per heavy atom.